The van der Waals surface area contributed by atoms with Crippen LogP contribution in [-0.4, -0.2) is 42.6 Å². The summed E-state index contributed by atoms with van der Waals surface area (Å²) in [5.41, 5.74) is 7.97. The van der Waals surface area contributed by atoms with Gasteiger partial charge in [-0.15, -0.1) is 0 Å². The highest BCUT2D eigenvalue weighted by molar-refractivity contribution is 5.95. The number of hydrogen-bond acceptors (Lipinski definition) is 3. The molecule has 2 atom stereocenters. The molecule has 3 rings (SSSR count). The average Bonchev–Trinajstić information content (AvgIpc) is 3.36. The van der Waals surface area contributed by atoms with Gasteiger partial charge >= 0.3 is 0 Å². The molecule has 2 aromatic rings. The summed E-state index contributed by atoms with van der Waals surface area (Å²) < 4.78 is 2.12. The van der Waals surface area contributed by atoms with Crippen LogP contribution in [0.1, 0.15) is 48.8 Å². The molecule has 1 saturated heterocycles. The van der Waals surface area contributed by atoms with Gasteiger partial charge in [0.2, 0.25) is 0 Å². The van der Waals surface area contributed by atoms with Crippen molar-refractivity contribution < 1.29 is 14.5 Å². The van der Waals surface area contributed by atoms with Crippen molar-refractivity contribution in [1.82, 2.24) is 15.4 Å². The Bertz CT molecular complexity index is 826. The standard InChI is InChI=1S/C22H31N5O2/c1-4-26(5-2)18-12-10-17(11-13-18)22(29)24-23-21(28)16-27-15-7-9-20(27)19-8-6-14-25(19)3/h6,8,10-14,20H,4-5,7,9,15-16H2,1-3H3,(H,23,28)(H,24,29)/p+1/t20-/m1/s1. The molecule has 1 aliphatic heterocycles. The third kappa shape index (κ3) is 4.98. The normalized spacial score (nSPS) is 18.4. The lowest BCUT2D eigenvalue weighted by molar-refractivity contribution is -0.911. The molecule has 3 N–H and O–H groups in total. The highest BCUT2D eigenvalue weighted by atomic mass is 16.2. The van der Waals surface area contributed by atoms with Crippen molar-refractivity contribution in [3.05, 3.63) is 53.9 Å². The van der Waals surface area contributed by atoms with Gasteiger partial charge in [-0.05, 0) is 50.2 Å². The predicted molar refractivity (Wildman–Crippen MR) is 114 cm³/mol. The Kier molecular flexibility index (Phi) is 6.93. The van der Waals surface area contributed by atoms with Crippen LogP contribution in [-0.2, 0) is 11.8 Å². The van der Waals surface area contributed by atoms with E-state index in [0.717, 1.165) is 38.2 Å². The number of carbonyl (C=O) groups is 2. The Labute approximate surface area is 172 Å². The fourth-order valence-electron chi connectivity index (χ4n) is 4.18. The van der Waals surface area contributed by atoms with Crippen LogP contribution in [0.25, 0.3) is 0 Å². The van der Waals surface area contributed by atoms with Crippen molar-refractivity contribution in [2.24, 2.45) is 7.05 Å². The van der Waals surface area contributed by atoms with Gasteiger partial charge in [-0.3, -0.25) is 20.4 Å². The number of quaternary nitrogens is 1. The molecule has 1 aromatic heterocycles. The Morgan fingerprint density at radius 3 is 2.48 bits per heavy atom. The summed E-state index contributed by atoms with van der Waals surface area (Å²) in [5, 5.41) is 0. The van der Waals surface area contributed by atoms with Crippen molar-refractivity contribution in [2.75, 3.05) is 31.1 Å². The number of rotatable bonds is 7. The second-order valence-corrected chi connectivity index (χ2v) is 7.55. The quantitative estimate of drug-likeness (QED) is 0.611. The summed E-state index contributed by atoms with van der Waals surface area (Å²) in [6.07, 6.45) is 4.21. The molecule has 1 aliphatic rings. The molecule has 1 fully saturated rings. The number of aromatic nitrogens is 1. The third-order valence-electron chi connectivity index (χ3n) is 5.79. The van der Waals surface area contributed by atoms with Crippen LogP contribution < -0.4 is 20.7 Å². The van der Waals surface area contributed by atoms with Crippen LogP contribution in [0.2, 0.25) is 0 Å². The van der Waals surface area contributed by atoms with Crippen LogP contribution in [0, 0.1) is 0 Å². The largest absolute Gasteiger partial charge is 0.372 e. The van der Waals surface area contributed by atoms with E-state index in [2.05, 4.69) is 40.2 Å². The van der Waals surface area contributed by atoms with Crippen LogP contribution in [0.15, 0.2) is 42.6 Å². The first-order valence-corrected chi connectivity index (χ1v) is 10.4. The van der Waals surface area contributed by atoms with Gasteiger partial charge < -0.3 is 14.4 Å². The number of anilines is 1. The van der Waals surface area contributed by atoms with E-state index in [-0.39, 0.29) is 11.8 Å². The van der Waals surface area contributed by atoms with Crippen LogP contribution in [0.5, 0.6) is 0 Å². The topological polar surface area (TPSA) is 70.8 Å². The summed E-state index contributed by atoms with van der Waals surface area (Å²) in [4.78, 5) is 28.2. The molecule has 0 spiro atoms. The first-order valence-electron chi connectivity index (χ1n) is 10.4. The zero-order valence-electron chi connectivity index (χ0n) is 17.6. The number of hydrazine groups is 1. The summed E-state index contributed by atoms with van der Waals surface area (Å²) in [6.45, 7) is 7.34. The smallest absolute Gasteiger partial charge is 0.293 e. The van der Waals surface area contributed by atoms with Gasteiger partial charge in [0.05, 0.1) is 12.2 Å². The molecule has 1 unspecified atom stereocenters. The number of aryl methyl sites for hydroxylation is 1. The van der Waals surface area contributed by atoms with Gasteiger partial charge in [0.25, 0.3) is 11.8 Å². The molecule has 0 saturated carbocycles. The molecule has 1 aromatic carbocycles. The number of benzene rings is 1. The van der Waals surface area contributed by atoms with Gasteiger partial charge in [-0.25, -0.2) is 0 Å². The van der Waals surface area contributed by atoms with E-state index in [1.165, 1.54) is 10.6 Å². The van der Waals surface area contributed by atoms with Gasteiger partial charge in [0.15, 0.2) is 6.54 Å². The fourth-order valence-corrected chi connectivity index (χ4v) is 4.18. The van der Waals surface area contributed by atoms with Crippen LogP contribution in [0.3, 0.4) is 0 Å². The minimum Gasteiger partial charge on any atom is -0.372 e. The summed E-state index contributed by atoms with van der Waals surface area (Å²) in [7, 11) is 2.04. The van der Waals surface area contributed by atoms with Gasteiger partial charge in [0, 0.05) is 50.4 Å². The fraction of sp³-hybridized carbons (Fsp3) is 0.455. The SMILES string of the molecule is CCN(CC)c1ccc(C(=O)NNC(=O)C[NH+]2CCC[C@@H]2c2cccn2C)cc1. The maximum absolute atomic E-state index is 12.4. The molecule has 2 heterocycles. The second-order valence-electron chi connectivity index (χ2n) is 7.55. The molecular formula is C22H32N5O2+. The molecule has 0 radical (unpaired) electrons. The minimum atomic E-state index is -0.306. The molecule has 156 valence electrons. The second kappa shape index (κ2) is 9.60. The van der Waals surface area contributed by atoms with E-state index in [1.807, 2.05) is 31.4 Å². The minimum absolute atomic E-state index is 0.172. The van der Waals surface area contributed by atoms with Gasteiger partial charge in [0.1, 0.15) is 6.04 Å². The van der Waals surface area contributed by atoms with Crippen molar-refractivity contribution in [3.63, 3.8) is 0 Å². The van der Waals surface area contributed by atoms with E-state index >= 15 is 0 Å². The molecule has 7 heteroatoms. The highest BCUT2D eigenvalue weighted by Gasteiger charge is 2.33. The first-order chi connectivity index (χ1) is 14.0. The van der Waals surface area contributed by atoms with Gasteiger partial charge in [-0.1, -0.05) is 0 Å². The van der Waals surface area contributed by atoms with Crippen molar-refractivity contribution in [3.8, 4) is 0 Å². The summed E-state index contributed by atoms with van der Waals surface area (Å²) in [6, 6.07) is 11.9. The summed E-state index contributed by atoms with van der Waals surface area (Å²) >= 11 is 0. The predicted octanol–water partition coefficient (Wildman–Crippen LogP) is 1.05. The Morgan fingerprint density at radius 1 is 1.14 bits per heavy atom. The Balaban J connectivity index is 1.51. The lowest BCUT2D eigenvalue weighted by atomic mass is 10.1. The van der Waals surface area contributed by atoms with Crippen molar-refractivity contribution >= 4 is 17.5 Å². The van der Waals surface area contributed by atoms with E-state index in [9.17, 15) is 9.59 Å². The van der Waals surface area contributed by atoms with Crippen molar-refractivity contribution in [2.45, 2.75) is 32.7 Å². The van der Waals surface area contributed by atoms with Crippen LogP contribution >= 0.6 is 0 Å². The zero-order chi connectivity index (χ0) is 20.8. The Hall–Kier alpha value is -2.80. The van der Waals surface area contributed by atoms with Crippen molar-refractivity contribution in [1.29, 1.82) is 0 Å². The number of nitrogens with zero attached hydrogens (tertiary/aromatic N) is 2. The Morgan fingerprint density at radius 2 is 1.86 bits per heavy atom. The molecule has 7 nitrogen and oxygen atoms in total. The number of hydrogen-bond donors (Lipinski definition) is 3. The van der Waals surface area contributed by atoms with Crippen LogP contribution in [0.4, 0.5) is 5.69 Å². The van der Waals surface area contributed by atoms with E-state index in [1.54, 1.807) is 12.1 Å². The molecule has 2 amide bonds. The highest BCUT2D eigenvalue weighted by Crippen LogP contribution is 2.18. The number of likely N-dealkylation sites (tertiary alicyclic amines) is 1. The van der Waals surface area contributed by atoms with E-state index < -0.39 is 0 Å². The molecule has 29 heavy (non-hydrogen) atoms. The number of carbonyl (C=O) groups excluding carboxylic acids is 2. The molecule has 0 aliphatic carbocycles. The summed E-state index contributed by atoms with van der Waals surface area (Å²) in [5.74, 6) is -0.478. The lowest BCUT2D eigenvalue weighted by Crippen LogP contribution is -3.11. The lowest BCUT2D eigenvalue weighted by Gasteiger charge is -2.22. The monoisotopic (exact) mass is 398 g/mol. The zero-order valence-corrected chi connectivity index (χ0v) is 17.6. The average molecular weight is 399 g/mol. The maximum atomic E-state index is 12.4. The molecule has 0 bridgehead atoms. The number of amides is 2. The van der Waals surface area contributed by atoms with E-state index in [4.69, 9.17) is 0 Å². The maximum Gasteiger partial charge on any atom is 0.293 e. The molecular weight excluding hydrogens is 366 g/mol. The van der Waals surface area contributed by atoms with E-state index in [0.29, 0.717) is 18.2 Å². The third-order valence-corrected chi connectivity index (χ3v) is 5.79. The van der Waals surface area contributed by atoms with Gasteiger partial charge in [-0.2, -0.15) is 0 Å². The first kappa shape index (κ1) is 20.9. The number of nitrogens with one attached hydrogen (secondary N) is 3.